The zero-order chi connectivity index (χ0) is 17.7. The van der Waals surface area contributed by atoms with Crippen LogP contribution in [-0.2, 0) is 10.0 Å². The van der Waals surface area contributed by atoms with E-state index in [9.17, 15) is 13.2 Å². The summed E-state index contributed by atoms with van der Waals surface area (Å²) in [6.07, 6.45) is 2.00. The summed E-state index contributed by atoms with van der Waals surface area (Å²) >= 11 is 0. The van der Waals surface area contributed by atoms with E-state index in [1.807, 2.05) is 25.8 Å². The molecule has 2 N–H and O–H groups in total. The Balaban J connectivity index is 2.10. The van der Waals surface area contributed by atoms with E-state index in [4.69, 9.17) is 0 Å². The minimum Gasteiger partial charge on any atom is -0.334 e. The quantitative estimate of drug-likeness (QED) is 0.778. The highest BCUT2D eigenvalue weighted by Crippen LogP contribution is 2.20. The Morgan fingerprint density at radius 2 is 1.96 bits per heavy atom. The Morgan fingerprint density at radius 3 is 2.54 bits per heavy atom. The number of likely N-dealkylation sites (tertiary alicyclic amines) is 1. The van der Waals surface area contributed by atoms with Crippen molar-refractivity contribution in [2.24, 2.45) is 5.92 Å². The lowest BCUT2D eigenvalue weighted by Crippen LogP contribution is -2.40. The number of nitrogens with zero attached hydrogens (tertiary/aromatic N) is 1. The summed E-state index contributed by atoms with van der Waals surface area (Å²) in [5.41, 5.74) is 0.529. The average Bonchev–Trinajstić information content (AvgIpc) is 3.01. The number of hydrogen-bond acceptors (Lipinski definition) is 4. The van der Waals surface area contributed by atoms with E-state index in [0.29, 0.717) is 12.1 Å². The molecule has 24 heavy (non-hydrogen) atoms. The Labute approximate surface area is 144 Å². The molecule has 1 aromatic carbocycles. The summed E-state index contributed by atoms with van der Waals surface area (Å²) in [6.45, 7) is 5.81. The summed E-state index contributed by atoms with van der Waals surface area (Å²) in [4.78, 5) is 14.7. The Kier molecular flexibility index (Phi) is 6.37. The molecule has 6 nitrogen and oxygen atoms in total. The van der Waals surface area contributed by atoms with Crippen molar-refractivity contribution in [3.8, 4) is 0 Å². The van der Waals surface area contributed by atoms with Crippen LogP contribution in [0.4, 0.5) is 0 Å². The van der Waals surface area contributed by atoms with Crippen LogP contribution >= 0.6 is 0 Å². The van der Waals surface area contributed by atoms with Gasteiger partial charge < -0.3 is 10.2 Å². The second-order valence-corrected chi connectivity index (χ2v) is 8.39. The molecule has 1 heterocycles. The van der Waals surface area contributed by atoms with Gasteiger partial charge in [-0.05, 0) is 50.1 Å². The number of benzene rings is 1. The third kappa shape index (κ3) is 4.55. The first-order valence-electron chi connectivity index (χ1n) is 8.40. The fourth-order valence-corrected chi connectivity index (χ4v) is 4.07. The van der Waals surface area contributed by atoms with Crippen molar-refractivity contribution in [3.63, 3.8) is 0 Å². The molecule has 0 aliphatic carbocycles. The molecule has 0 spiro atoms. The van der Waals surface area contributed by atoms with E-state index in [-0.39, 0.29) is 22.8 Å². The highest BCUT2D eigenvalue weighted by atomic mass is 32.2. The maximum Gasteiger partial charge on any atom is 0.254 e. The van der Waals surface area contributed by atoms with E-state index in [1.54, 1.807) is 12.1 Å². The van der Waals surface area contributed by atoms with E-state index in [0.717, 1.165) is 25.9 Å². The minimum atomic E-state index is -3.52. The smallest absolute Gasteiger partial charge is 0.254 e. The standard InChI is InChI=1S/C17H27N3O3S/c1-13(2)11-19-24(22,23)16-8-6-14(7-9-16)17(21)20-10-4-5-15(20)12-18-3/h6-9,13,15,18-19H,4-5,10-12H2,1-3H3. The van der Waals surface area contributed by atoms with Crippen LogP contribution in [0.25, 0.3) is 0 Å². The van der Waals surface area contributed by atoms with E-state index in [1.165, 1.54) is 12.1 Å². The molecule has 1 fully saturated rings. The lowest BCUT2D eigenvalue weighted by molar-refractivity contribution is 0.0737. The molecule has 0 bridgehead atoms. The van der Waals surface area contributed by atoms with Crippen LogP contribution in [0.1, 0.15) is 37.0 Å². The summed E-state index contributed by atoms with van der Waals surface area (Å²) in [5.74, 6) is 0.201. The van der Waals surface area contributed by atoms with Gasteiger partial charge in [0.05, 0.1) is 4.90 Å². The monoisotopic (exact) mass is 353 g/mol. The number of rotatable bonds is 7. The molecular weight excluding hydrogens is 326 g/mol. The van der Waals surface area contributed by atoms with Crippen molar-refractivity contribution in [2.75, 3.05) is 26.7 Å². The van der Waals surface area contributed by atoms with Gasteiger partial charge in [0.15, 0.2) is 0 Å². The van der Waals surface area contributed by atoms with Gasteiger partial charge in [-0.2, -0.15) is 0 Å². The third-order valence-electron chi connectivity index (χ3n) is 4.17. The first-order chi connectivity index (χ1) is 11.3. The van der Waals surface area contributed by atoms with Gasteiger partial charge in [0.2, 0.25) is 10.0 Å². The molecule has 0 aromatic heterocycles. The third-order valence-corrected chi connectivity index (χ3v) is 5.61. The van der Waals surface area contributed by atoms with Gasteiger partial charge in [0, 0.05) is 31.2 Å². The van der Waals surface area contributed by atoms with Crippen molar-refractivity contribution >= 4 is 15.9 Å². The number of nitrogens with one attached hydrogen (secondary N) is 2. The molecule has 134 valence electrons. The maximum atomic E-state index is 12.6. The Bertz CT molecular complexity index is 656. The lowest BCUT2D eigenvalue weighted by Gasteiger charge is -2.24. The van der Waals surface area contributed by atoms with Crippen LogP contribution in [-0.4, -0.2) is 51.9 Å². The summed E-state index contributed by atoms with van der Waals surface area (Å²) in [7, 11) is -1.64. The number of carbonyl (C=O) groups is 1. The van der Waals surface area contributed by atoms with Crippen molar-refractivity contribution in [2.45, 2.75) is 37.6 Å². The normalized spacial score (nSPS) is 18.3. The van der Waals surface area contributed by atoms with Gasteiger partial charge in [0.25, 0.3) is 5.91 Å². The molecule has 7 heteroatoms. The van der Waals surface area contributed by atoms with Crippen LogP contribution in [0.2, 0.25) is 0 Å². The number of sulfonamides is 1. The number of carbonyl (C=O) groups excluding carboxylic acids is 1. The zero-order valence-electron chi connectivity index (χ0n) is 14.6. The van der Waals surface area contributed by atoms with Gasteiger partial charge in [-0.25, -0.2) is 13.1 Å². The second-order valence-electron chi connectivity index (χ2n) is 6.62. The van der Waals surface area contributed by atoms with Crippen molar-refractivity contribution in [1.82, 2.24) is 14.9 Å². The van der Waals surface area contributed by atoms with Gasteiger partial charge in [-0.15, -0.1) is 0 Å². The fourth-order valence-electron chi connectivity index (χ4n) is 2.85. The molecule has 0 saturated carbocycles. The van der Waals surface area contributed by atoms with E-state index < -0.39 is 10.0 Å². The predicted octanol–water partition coefficient (Wildman–Crippen LogP) is 1.44. The zero-order valence-corrected chi connectivity index (χ0v) is 15.4. The maximum absolute atomic E-state index is 12.6. The van der Waals surface area contributed by atoms with Gasteiger partial charge in [0.1, 0.15) is 0 Å². The molecule has 1 amide bonds. The van der Waals surface area contributed by atoms with Crippen molar-refractivity contribution < 1.29 is 13.2 Å². The van der Waals surface area contributed by atoms with E-state index in [2.05, 4.69) is 10.0 Å². The number of hydrogen-bond donors (Lipinski definition) is 2. The molecule has 1 atom stereocenters. The first kappa shape index (κ1) is 18.9. The first-order valence-corrected chi connectivity index (χ1v) is 9.88. The van der Waals surface area contributed by atoms with E-state index >= 15 is 0 Å². The largest absolute Gasteiger partial charge is 0.334 e. The molecular formula is C17H27N3O3S. The van der Waals surface area contributed by atoms with Crippen LogP contribution in [0.5, 0.6) is 0 Å². The topological polar surface area (TPSA) is 78.5 Å². The molecule has 1 saturated heterocycles. The predicted molar refractivity (Wildman–Crippen MR) is 94.5 cm³/mol. The fraction of sp³-hybridized carbons (Fsp3) is 0.588. The molecule has 1 unspecified atom stereocenters. The Hall–Kier alpha value is -1.44. The molecule has 0 radical (unpaired) electrons. The summed E-state index contributed by atoms with van der Waals surface area (Å²) < 4.78 is 27.0. The lowest BCUT2D eigenvalue weighted by atomic mass is 10.1. The molecule has 1 aliphatic rings. The number of likely N-dealkylation sites (N-methyl/N-ethyl adjacent to an activating group) is 1. The SMILES string of the molecule is CNCC1CCCN1C(=O)c1ccc(S(=O)(=O)NCC(C)C)cc1. The average molecular weight is 353 g/mol. The summed E-state index contributed by atoms with van der Waals surface area (Å²) in [6, 6.07) is 6.40. The van der Waals surface area contributed by atoms with Gasteiger partial charge in [-0.1, -0.05) is 13.8 Å². The highest BCUT2D eigenvalue weighted by molar-refractivity contribution is 7.89. The second kappa shape index (κ2) is 8.09. The molecule has 2 rings (SSSR count). The number of amides is 1. The van der Waals surface area contributed by atoms with Crippen LogP contribution in [0, 0.1) is 5.92 Å². The highest BCUT2D eigenvalue weighted by Gasteiger charge is 2.29. The van der Waals surface area contributed by atoms with Crippen LogP contribution in [0.15, 0.2) is 29.2 Å². The Morgan fingerprint density at radius 1 is 1.29 bits per heavy atom. The van der Waals surface area contributed by atoms with Crippen molar-refractivity contribution in [3.05, 3.63) is 29.8 Å². The molecule has 1 aliphatic heterocycles. The minimum absolute atomic E-state index is 0.0353. The van der Waals surface area contributed by atoms with Crippen LogP contribution in [0.3, 0.4) is 0 Å². The molecule has 1 aromatic rings. The van der Waals surface area contributed by atoms with Gasteiger partial charge >= 0.3 is 0 Å². The van der Waals surface area contributed by atoms with Gasteiger partial charge in [-0.3, -0.25) is 4.79 Å². The van der Waals surface area contributed by atoms with Crippen molar-refractivity contribution in [1.29, 1.82) is 0 Å². The summed E-state index contributed by atoms with van der Waals surface area (Å²) in [5, 5.41) is 3.12. The van der Waals surface area contributed by atoms with Crippen LogP contribution < -0.4 is 10.0 Å².